The molecule has 0 atom stereocenters. The van der Waals surface area contributed by atoms with Gasteiger partial charge < -0.3 is 9.30 Å². The molecule has 5 nitrogen and oxygen atoms in total. The third kappa shape index (κ3) is 3.87. The van der Waals surface area contributed by atoms with Gasteiger partial charge in [-0.05, 0) is 51.0 Å². The molecule has 0 aliphatic heterocycles. The van der Waals surface area contributed by atoms with Crippen LogP contribution in [0.2, 0.25) is 0 Å². The van der Waals surface area contributed by atoms with Crippen molar-refractivity contribution in [2.24, 2.45) is 7.05 Å². The predicted molar refractivity (Wildman–Crippen MR) is 105 cm³/mol. The number of ether oxygens (including phenoxy) is 1. The largest absolute Gasteiger partial charge is 0.444 e. The second-order valence-corrected chi connectivity index (χ2v) is 7.38. The van der Waals surface area contributed by atoms with Crippen molar-refractivity contribution < 1.29 is 9.53 Å². The molecule has 1 aromatic heterocycles. The number of aryl methyl sites for hydroxylation is 2. The van der Waals surface area contributed by atoms with E-state index in [9.17, 15) is 4.79 Å². The first-order chi connectivity index (χ1) is 12.3. The molecule has 0 saturated heterocycles. The summed E-state index contributed by atoms with van der Waals surface area (Å²) in [5.41, 5.74) is 4.37. The average molecular weight is 351 g/mol. The van der Waals surface area contributed by atoms with Crippen LogP contribution in [0.4, 0.5) is 10.5 Å². The molecule has 2 aromatic carbocycles. The Morgan fingerprint density at radius 3 is 2.46 bits per heavy atom. The summed E-state index contributed by atoms with van der Waals surface area (Å²) in [6, 6.07) is 14.1. The van der Waals surface area contributed by atoms with Crippen LogP contribution in [0, 0.1) is 0 Å². The Balaban J connectivity index is 1.90. The lowest BCUT2D eigenvalue weighted by Gasteiger charge is -2.19. The fourth-order valence-electron chi connectivity index (χ4n) is 2.84. The molecule has 1 amide bonds. The number of imidazole rings is 1. The van der Waals surface area contributed by atoms with E-state index in [1.165, 1.54) is 5.56 Å². The van der Waals surface area contributed by atoms with Crippen LogP contribution in [0.15, 0.2) is 42.5 Å². The molecule has 0 saturated carbocycles. The quantitative estimate of drug-likeness (QED) is 0.710. The number of anilines is 1. The molecule has 0 aliphatic rings. The Bertz CT molecular complexity index is 934. The van der Waals surface area contributed by atoms with Crippen LogP contribution in [0.25, 0.3) is 22.4 Å². The van der Waals surface area contributed by atoms with E-state index in [2.05, 4.69) is 36.5 Å². The zero-order valence-electron chi connectivity index (χ0n) is 16.0. The Labute approximate surface area is 154 Å². The van der Waals surface area contributed by atoms with Crippen LogP contribution in [0.1, 0.15) is 33.3 Å². The lowest BCUT2D eigenvalue weighted by Crippen LogP contribution is -2.27. The number of hydrogen-bond donors (Lipinski definition) is 1. The molecule has 0 fully saturated rings. The number of fused-ring (bicyclic) bond motifs is 1. The minimum atomic E-state index is -0.529. The van der Waals surface area contributed by atoms with Crippen molar-refractivity contribution >= 4 is 22.8 Å². The van der Waals surface area contributed by atoms with E-state index < -0.39 is 11.7 Å². The molecule has 0 bridgehead atoms. The van der Waals surface area contributed by atoms with Gasteiger partial charge in [0.2, 0.25) is 0 Å². The molecular formula is C21H25N3O2. The van der Waals surface area contributed by atoms with Crippen molar-refractivity contribution in [1.82, 2.24) is 9.55 Å². The van der Waals surface area contributed by atoms with E-state index in [1.807, 2.05) is 50.6 Å². The fraction of sp³-hybridized carbons (Fsp3) is 0.333. The normalized spacial score (nSPS) is 11.6. The smallest absolute Gasteiger partial charge is 0.412 e. The van der Waals surface area contributed by atoms with Gasteiger partial charge in [0, 0.05) is 18.3 Å². The summed E-state index contributed by atoms with van der Waals surface area (Å²) in [6.45, 7) is 7.66. The summed E-state index contributed by atoms with van der Waals surface area (Å²) in [5, 5.41) is 2.78. The second-order valence-electron chi connectivity index (χ2n) is 7.38. The zero-order valence-corrected chi connectivity index (χ0v) is 16.0. The van der Waals surface area contributed by atoms with Crippen LogP contribution in [-0.2, 0) is 18.2 Å². The number of amides is 1. The van der Waals surface area contributed by atoms with Gasteiger partial charge in [0.05, 0.1) is 11.0 Å². The van der Waals surface area contributed by atoms with Gasteiger partial charge in [-0.2, -0.15) is 0 Å². The molecule has 0 radical (unpaired) electrons. The molecule has 1 N–H and O–H groups in total. The average Bonchev–Trinajstić information content (AvgIpc) is 2.90. The van der Waals surface area contributed by atoms with Gasteiger partial charge in [0.25, 0.3) is 0 Å². The standard InChI is InChI=1S/C21H25N3O2/c1-6-14-7-9-15(10-8-14)19-23-17-12-11-16(13-18(17)24(19)5)22-20(25)26-21(2,3)4/h7-13H,6H2,1-5H3,(H,22,25). The van der Waals surface area contributed by atoms with Gasteiger partial charge >= 0.3 is 6.09 Å². The van der Waals surface area contributed by atoms with E-state index in [0.29, 0.717) is 5.69 Å². The SMILES string of the molecule is CCc1ccc(-c2nc3ccc(NC(=O)OC(C)(C)C)cc3n2C)cc1. The Morgan fingerprint density at radius 1 is 1.15 bits per heavy atom. The first-order valence-corrected chi connectivity index (χ1v) is 8.82. The summed E-state index contributed by atoms with van der Waals surface area (Å²) in [4.78, 5) is 16.7. The number of carbonyl (C=O) groups excluding carboxylic acids is 1. The van der Waals surface area contributed by atoms with Crippen LogP contribution in [-0.4, -0.2) is 21.2 Å². The maximum Gasteiger partial charge on any atom is 0.412 e. The minimum absolute atomic E-state index is 0.464. The number of aromatic nitrogens is 2. The Kier molecular flexibility index (Phi) is 4.72. The van der Waals surface area contributed by atoms with Crippen molar-refractivity contribution in [3.63, 3.8) is 0 Å². The highest BCUT2D eigenvalue weighted by atomic mass is 16.6. The molecule has 0 aliphatic carbocycles. The monoisotopic (exact) mass is 351 g/mol. The van der Waals surface area contributed by atoms with Crippen molar-refractivity contribution in [3.8, 4) is 11.4 Å². The first kappa shape index (κ1) is 18.0. The van der Waals surface area contributed by atoms with Crippen LogP contribution in [0.5, 0.6) is 0 Å². The van der Waals surface area contributed by atoms with Crippen molar-refractivity contribution in [1.29, 1.82) is 0 Å². The Morgan fingerprint density at radius 2 is 1.85 bits per heavy atom. The number of carbonyl (C=O) groups is 1. The Hall–Kier alpha value is -2.82. The maximum absolute atomic E-state index is 12.0. The van der Waals surface area contributed by atoms with Gasteiger partial charge in [-0.15, -0.1) is 0 Å². The van der Waals surface area contributed by atoms with E-state index in [-0.39, 0.29) is 0 Å². The highest BCUT2D eigenvalue weighted by molar-refractivity contribution is 5.90. The van der Waals surface area contributed by atoms with Crippen LogP contribution in [0.3, 0.4) is 0 Å². The third-order valence-electron chi connectivity index (χ3n) is 4.15. The molecular weight excluding hydrogens is 326 g/mol. The number of nitrogens with one attached hydrogen (secondary N) is 1. The fourth-order valence-corrected chi connectivity index (χ4v) is 2.84. The first-order valence-electron chi connectivity index (χ1n) is 8.82. The van der Waals surface area contributed by atoms with Crippen molar-refractivity contribution in [3.05, 3.63) is 48.0 Å². The summed E-state index contributed by atoms with van der Waals surface area (Å²) in [5.74, 6) is 0.900. The molecule has 3 aromatic rings. The van der Waals surface area contributed by atoms with Gasteiger partial charge in [0.1, 0.15) is 11.4 Å². The predicted octanol–water partition coefficient (Wildman–Crippen LogP) is 5.15. The summed E-state index contributed by atoms with van der Waals surface area (Å²) < 4.78 is 7.35. The third-order valence-corrected chi connectivity index (χ3v) is 4.15. The minimum Gasteiger partial charge on any atom is -0.444 e. The van der Waals surface area contributed by atoms with E-state index in [1.54, 1.807) is 0 Å². The van der Waals surface area contributed by atoms with Crippen molar-refractivity contribution in [2.75, 3.05) is 5.32 Å². The van der Waals surface area contributed by atoms with Crippen molar-refractivity contribution in [2.45, 2.75) is 39.7 Å². The summed E-state index contributed by atoms with van der Waals surface area (Å²) in [7, 11) is 1.98. The highest BCUT2D eigenvalue weighted by Crippen LogP contribution is 2.26. The highest BCUT2D eigenvalue weighted by Gasteiger charge is 2.17. The van der Waals surface area contributed by atoms with Gasteiger partial charge in [0.15, 0.2) is 0 Å². The van der Waals surface area contributed by atoms with Gasteiger partial charge in [-0.1, -0.05) is 31.2 Å². The van der Waals surface area contributed by atoms with E-state index >= 15 is 0 Å². The lowest BCUT2D eigenvalue weighted by molar-refractivity contribution is 0.0636. The molecule has 1 heterocycles. The number of hydrogen-bond acceptors (Lipinski definition) is 3. The summed E-state index contributed by atoms with van der Waals surface area (Å²) in [6.07, 6.45) is 0.553. The van der Waals surface area contributed by atoms with E-state index in [4.69, 9.17) is 9.72 Å². The number of nitrogens with zero attached hydrogens (tertiary/aromatic N) is 2. The van der Waals surface area contributed by atoms with Crippen LogP contribution < -0.4 is 5.32 Å². The molecule has 0 spiro atoms. The molecule has 26 heavy (non-hydrogen) atoms. The second kappa shape index (κ2) is 6.83. The molecule has 136 valence electrons. The molecule has 5 heteroatoms. The topological polar surface area (TPSA) is 56.1 Å². The van der Waals surface area contributed by atoms with E-state index in [0.717, 1.165) is 28.8 Å². The maximum atomic E-state index is 12.0. The molecule has 0 unspecified atom stereocenters. The molecule has 3 rings (SSSR count). The lowest BCUT2D eigenvalue weighted by atomic mass is 10.1. The van der Waals surface area contributed by atoms with Crippen LogP contribution >= 0.6 is 0 Å². The summed E-state index contributed by atoms with van der Waals surface area (Å²) >= 11 is 0. The number of rotatable bonds is 3. The van der Waals surface area contributed by atoms with Gasteiger partial charge in [-0.3, -0.25) is 5.32 Å². The number of benzene rings is 2. The van der Waals surface area contributed by atoms with Gasteiger partial charge in [-0.25, -0.2) is 9.78 Å². The zero-order chi connectivity index (χ0) is 18.9.